The van der Waals surface area contributed by atoms with Crippen LogP contribution in [0.2, 0.25) is 0 Å². The van der Waals surface area contributed by atoms with Crippen molar-refractivity contribution in [3.8, 4) is 11.5 Å². The number of nitrogens with zero attached hydrogens (tertiary/aromatic N) is 2. The summed E-state index contributed by atoms with van der Waals surface area (Å²) in [5, 5.41) is 3.94. The summed E-state index contributed by atoms with van der Waals surface area (Å²) in [5.74, 6) is -0.334. The van der Waals surface area contributed by atoms with E-state index in [1.165, 1.54) is 31.5 Å². The average molecular weight is 544 g/mol. The molecule has 1 N–H and O–H groups in total. The molecule has 4 aromatic carbocycles. The summed E-state index contributed by atoms with van der Waals surface area (Å²) in [6.07, 6.45) is 1.39. The van der Waals surface area contributed by atoms with Crippen LogP contribution in [0.25, 0.3) is 0 Å². The van der Waals surface area contributed by atoms with E-state index < -0.39 is 28.4 Å². The van der Waals surface area contributed by atoms with Crippen molar-refractivity contribution >= 4 is 33.8 Å². The number of carbonyl (C=O) groups is 2. The highest BCUT2D eigenvalue weighted by Crippen LogP contribution is 2.26. The molecule has 4 rings (SSSR count). The first-order chi connectivity index (χ1) is 18.9. The average Bonchev–Trinajstić information content (AvgIpc) is 2.97. The molecule has 0 atom stereocenters. The van der Waals surface area contributed by atoms with Crippen LogP contribution in [0.1, 0.15) is 15.9 Å². The molecular formula is C29H25N3O6S. The van der Waals surface area contributed by atoms with Gasteiger partial charge < -0.3 is 9.47 Å². The van der Waals surface area contributed by atoms with Crippen molar-refractivity contribution in [2.24, 2.45) is 5.10 Å². The molecule has 9 nitrogen and oxygen atoms in total. The van der Waals surface area contributed by atoms with Gasteiger partial charge in [0.25, 0.3) is 15.9 Å². The molecule has 0 heterocycles. The molecule has 0 spiro atoms. The van der Waals surface area contributed by atoms with Gasteiger partial charge >= 0.3 is 5.97 Å². The Balaban J connectivity index is 1.43. The van der Waals surface area contributed by atoms with Gasteiger partial charge in [0.15, 0.2) is 0 Å². The lowest BCUT2D eigenvalue weighted by atomic mass is 10.2. The molecule has 0 aromatic heterocycles. The van der Waals surface area contributed by atoms with Crippen molar-refractivity contribution in [3.63, 3.8) is 0 Å². The van der Waals surface area contributed by atoms with Crippen molar-refractivity contribution in [1.82, 2.24) is 5.43 Å². The number of sulfonamides is 1. The second-order valence-electron chi connectivity index (χ2n) is 8.14. The maximum absolute atomic E-state index is 13.4. The first-order valence-corrected chi connectivity index (χ1v) is 13.2. The standard InChI is InChI=1S/C29H25N3O6S/c1-37-26-12-8-11-24(19-26)32(39(35,36)27-13-6-3-7-14-27)21-28(33)31-30-20-22-15-17-25(18-16-22)38-29(34)23-9-4-2-5-10-23/h2-20H,21H2,1H3,(H,31,33)/b30-20-. The fourth-order valence-corrected chi connectivity index (χ4v) is 4.94. The number of carbonyl (C=O) groups excluding carboxylic acids is 2. The van der Waals surface area contributed by atoms with E-state index in [2.05, 4.69) is 10.5 Å². The molecule has 198 valence electrons. The number of rotatable bonds is 10. The molecule has 0 saturated carbocycles. The molecule has 0 aliphatic heterocycles. The van der Waals surface area contributed by atoms with E-state index in [0.29, 0.717) is 22.6 Å². The first-order valence-electron chi connectivity index (χ1n) is 11.8. The summed E-state index contributed by atoms with van der Waals surface area (Å²) in [7, 11) is -2.59. The lowest BCUT2D eigenvalue weighted by Gasteiger charge is -2.24. The van der Waals surface area contributed by atoms with Gasteiger partial charge in [-0.3, -0.25) is 9.10 Å². The Hall–Kier alpha value is -4.96. The summed E-state index contributed by atoms with van der Waals surface area (Å²) in [6.45, 7) is -0.518. The van der Waals surface area contributed by atoms with Gasteiger partial charge in [0, 0.05) is 6.07 Å². The molecule has 0 radical (unpaired) electrons. The monoisotopic (exact) mass is 543 g/mol. The van der Waals surface area contributed by atoms with Crippen LogP contribution in [0.15, 0.2) is 119 Å². The van der Waals surface area contributed by atoms with Crippen LogP contribution in [-0.2, 0) is 14.8 Å². The van der Waals surface area contributed by atoms with Gasteiger partial charge in [-0.1, -0.05) is 42.5 Å². The van der Waals surface area contributed by atoms with Gasteiger partial charge in [-0.2, -0.15) is 5.10 Å². The van der Waals surface area contributed by atoms with Crippen LogP contribution < -0.4 is 19.2 Å². The lowest BCUT2D eigenvalue weighted by Crippen LogP contribution is -2.39. The molecule has 39 heavy (non-hydrogen) atoms. The van der Waals surface area contributed by atoms with Crippen molar-refractivity contribution < 1.29 is 27.5 Å². The van der Waals surface area contributed by atoms with Gasteiger partial charge in [0.1, 0.15) is 18.0 Å². The minimum atomic E-state index is -4.06. The third kappa shape index (κ3) is 7.08. The largest absolute Gasteiger partial charge is 0.497 e. The summed E-state index contributed by atoms with van der Waals surface area (Å²) < 4.78 is 38.3. The first kappa shape index (κ1) is 27.1. The Morgan fingerprint density at radius 3 is 2.18 bits per heavy atom. The quantitative estimate of drug-likeness (QED) is 0.138. The smallest absolute Gasteiger partial charge is 0.343 e. The second-order valence-corrected chi connectivity index (χ2v) is 10.0. The molecule has 1 amide bonds. The molecule has 0 aliphatic rings. The van der Waals surface area contributed by atoms with E-state index in [-0.39, 0.29) is 10.6 Å². The minimum Gasteiger partial charge on any atom is -0.497 e. The molecular weight excluding hydrogens is 518 g/mol. The van der Waals surface area contributed by atoms with Crippen molar-refractivity contribution in [3.05, 3.63) is 120 Å². The number of hydrazone groups is 1. The Morgan fingerprint density at radius 2 is 1.51 bits per heavy atom. The van der Waals surface area contributed by atoms with Crippen molar-refractivity contribution in [2.45, 2.75) is 4.90 Å². The highest BCUT2D eigenvalue weighted by molar-refractivity contribution is 7.92. The zero-order valence-electron chi connectivity index (χ0n) is 20.9. The number of esters is 1. The van der Waals surface area contributed by atoms with Gasteiger partial charge in [-0.15, -0.1) is 0 Å². The van der Waals surface area contributed by atoms with Gasteiger partial charge in [-0.25, -0.2) is 18.6 Å². The zero-order chi connectivity index (χ0) is 27.7. The third-order valence-electron chi connectivity index (χ3n) is 5.46. The fourth-order valence-electron chi connectivity index (χ4n) is 3.51. The topological polar surface area (TPSA) is 114 Å². The SMILES string of the molecule is COc1cccc(N(CC(=O)N/N=C\c2ccc(OC(=O)c3ccccc3)cc2)S(=O)(=O)c2ccccc2)c1. The van der Waals surface area contributed by atoms with E-state index >= 15 is 0 Å². The predicted molar refractivity (Wildman–Crippen MR) is 148 cm³/mol. The van der Waals surface area contributed by atoms with Crippen LogP contribution >= 0.6 is 0 Å². The maximum Gasteiger partial charge on any atom is 0.343 e. The number of ether oxygens (including phenoxy) is 2. The summed E-state index contributed by atoms with van der Waals surface area (Å²) in [5.41, 5.74) is 3.68. The van der Waals surface area contributed by atoms with Gasteiger partial charge in [0.05, 0.1) is 29.5 Å². The van der Waals surface area contributed by atoms with Crippen molar-refractivity contribution in [1.29, 1.82) is 0 Å². The van der Waals surface area contributed by atoms with Crippen LogP contribution in [0.3, 0.4) is 0 Å². The maximum atomic E-state index is 13.4. The summed E-state index contributed by atoms with van der Waals surface area (Å²) in [6, 6.07) is 29.4. The van der Waals surface area contributed by atoms with Crippen LogP contribution in [0.5, 0.6) is 11.5 Å². The molecule has 0 aliphatic carbocycles. The predicted octanol–water partition coefficient (Wildman–Crippen LogP) is 4.26. The molecule has 0 saturated heterocycles. The Kier molecular flexibility index (Phi) is 8.70. The summed E-state index contributed by atoms with van der Waals surface area (Å²) >= 11 is 0. The van der Waals surface area contributed by atoms with E-state index in [1.807, 2.05) is 6.07 Å². The van der Waals surface area contributed by atoms with Crippen LogP contribution in [0, 0.1) is 0 Å². The van der Waals surface area contributed by atoms with Crippen molar-refractivity contribution in [2.75, 3.05) is 18.0 Å². The number of hydrogen-bond donors (Lipinski definition) is 1. The highest BCUT2D eigenvalue weighted by Gasteiger charge is 2.27. The Morgan fingerprint density at radius 1 is 0.846 bits per heavy atom. The number of methoxy groups -OCH3 is 1. The number of benzene rings is 4. The molecule has 10 heteroatoms. The van der Waals surface area contributed by atoms with E-state index in [1.54, 1.807) is 84.9 Å². The Labute approximate surface area is 226 Å². The highest BCUT2D eigenvalue weighted by atomic mass is 32.2. The number of anilines is 1. The van der Waals surface area contributed by atoms with E-state index in [9.17, 15) is 18.0 Å². The minimum absolute atomic E-state index is 0.0391. The summed E-state index contributed by atoms with van der Waals surface area (Å²) in [4.78, 5) is 25.0. The number of hydrogen-bond acceptors (Lipinski definition) is 7. The molecule has 0 bridgehead atoms. The number of amides is 1. The van der Waals surface area contributed by atoms with Gasteiger partial charge in [0.2, 0.25) is 0 Å². The van der Waals surface area contributed by atoms with Crippen LogP contribution in [0.4, 0.5) is 5.69 Å². The molecule has 4 aromatic rings. The van der Waals surface area contributed by atoms with E-state index in [4.69, 9.17) is 9.47 Å². The molecule has 0 fully saturated rings. The second kappa shape index (κ2) is 12.5. The van der Waals surface area contributed by atoms with Crippen LogP contribution in [-0.4, -0.2) is 40.2 Å². The third-order valence-corrected chi connectivity index (χ3v) is 7.25. The Bertz CT molecular complexity index is 1560. The van der Waals surface area contributed by atoms with Gasteiger partial charge in [-0.05, 0) is 66.2 Å². The zero-order valence-corrected chi connectivity index (χ0v) is 21.7. The lowest BCUT2D eigenvalue weighted by molar-refractivity contribution is -0.119. The van der Waals surface area contributed by atoms with E-state index in [0.717, 1.165) is 4.31 Å². The normalized spacial score (nSPS) is 11.1. The fraction of sp³-hybridized carbons (Fsp3) is 0.0690. The number of nitrogens with one attached hydrogen (secondary N) is 1. The molecule has 0 unspecified atom stereocenters.